The molecule has 0 fully saturated rings. The summed E-state index contributed by atoms with van der Waals surface area (Å²) in [5.74, 6) is 0.679. The lowest BCUT2D eigenvalue weighted by Crippen LogP contribution is -2.36. The van der Waals surface area contributed by atoms with Gasteiger partial charge in [0.15, 0.2) is 6.61 Å². The number of hydrogen-bond acceptors (Lipinski definition) is 3. The monoisotopic (exact) mass is 356 g/mol. The molecule has 0 aliphatic heterocycles. The lowest BCUT2D eigenvalue weighted by Gasteiger charge is -2.22. The Morgan fingerprint density at radius 1 is 1.43 bits per heavy atom. The van der Waals surface area contributed by atoms with Crippen LogP contribution in [0.15, 0.2) is 22.7 Å². The molecule has 1 rings (SSSR count). The molecule has 4 nitrogen and oxygen atoms in total. The van der Waals surface area contributed by atoms with E-state index in [9.17, 15) is 4.79 Å². The summed E-state index contributed by atoms with van der Waals surface area (Å²) in [6.07, 6.45) is 1.64. The number of amides is 1. The SMILES string of the molecule is CCC(N)Cc1cccc(Br)c1OCC(=O)N(C)C(C)C. The van der Waals surface area contributed by atoms with Crippen molar-refractivity contribution in [3.05, 3.63) is 28.2 Å². The number of hydrogen-bond donors (Lipinski definition) is 1. The summed E-state index contributed by atoms with van der Waals surface area (Å²) in [5, 5.41) is 0. The first kappa shape index (κ1) is 18.0. The van der Waals surface area contributed by atoms with Crippen LogP contribution in [-0.2, 0) is 11.2 Å². The molecule has 2 N–H and O–H groups in total. The zero-order chi connectivity index (χ0) is 16.0. The van der Waals surface area contributed by atoms with Crippen LogP contribution in [0.25, 0.3) is 0 Å². The van der Waals surface area contributed by atoms with Crippen LogP contribution < -0.4 is 10.5 Å². The number of halogens is 1. The molecule has 1 unspecified atom stereocenters. The molecule has 0 aromatic heterocycles. The van der Waals surface area contributed by atoms with Gasteiger partial charge in [0, 0.05) is 19.1 Å². The molecule has 0 bridgehead atoms. The number of likely N-dealkylation sites (N-methyl/N-ethyl adjacent to an activating group) is 1. The Labute approximate surface area is 135 Å². The number of ether oxygens (including phenoxy) is 1. The van der Waals surface area contributed by atoms with E-state index in [0.29, 0.717) is 5.75 Å². The molecule has 1 amide bonds. The van der Waals surface area contributed by atoms with Gasteiger partial charge in [-0.25, -0.2) is 0 Å². The molecule has 0 aliphatic rings. The average molecular weight is 357 g/mol. The fraction of sp³-hybridized carbons (Fsp3) is 0.562. The predicted molar refractivity (Wildman–Crippen MR) is 89.5 cm³/mol. The van der Waals surface area contributed by atoms with E-state index < -0.39 is 0 Å². The Morgan fingerprint density at radius 3 is 2.67 bits per heavy atom. The Bertz CT molecular complexity index is 477. The minimum Gasteiger partial charge on any atom is -0.482 e. The zero-order valence-electron chi connectivity index (χ0n) is 13.2. The summed E-state index contributed by atoms with van der Waals surface area (Å²) < 4.78 is 6.60. The van der Waals surface area contributed by atoms with Gasteiger partial charge in [-0.2, -0.15) is 0 Å². The van der Waals surface area contributed by atoms with Crippen molar-refractivity contribution in [2.75, 3.05) is 13.7 Å². The predicted octanol–water partition coefficient (Wildman–Crippen LogP) is 2.97. The summed E-state index contributed by atoms with van der Waals surface area (Å²) in [7, 11) is 1.78. The first-order chi connectivity index (χ1) is 9.86. The first-order valence-corrected chi connectivity index (χ1v) is 8.07. The Balaban J connectivity index is 2.80. The summed E-state index contributed by atoms with van der Waals surface area (Å²) >= 11 is 3.48. The van der Waals surface area contributed by atoms with Gasteiger partial charge in [0.25, 0.3) is 5.91 Å². The minimum absolute atomic E-state index is 0.0334. The van der Waals surface area contributed by atoms with Gasteiger partial charge in [-0.15, -0.1) is 0 Å². The van der Waals surface area contributed by atoms with Crippen molar-refractivity contribution in [1.29, 1.82) is 0 Å². The highest BCUT2D eigenvalue weighted by atomic mass is 79.9. The van der Waals surface area contributed by atoms with Gasteiger partial charge >= 0.3 is 0 Å². The zero-order valence-corrected chi connectivity index (χ0v) is 14.8. The maximum absolute atomic E-state index is 12.0. The number of nitrogens with two attached hydrogens (primary N) is 1. The molecule has 21 heavy (non-hydrogen) atoms. The van der Waals surface area contributed by atoms with Crippen LogP contribution in [0.1, 0.15) is 32.8 Å². The molecule has 1 aromatic rings. The van der Waals surface area contributed by atoms with Crippen LogP contribution in [0.2, 0.25) is 0 Å². The smallest absolute Gasteiger partial charge is 0.260 e. The maximum atomic E-state index is 12.0. The van der Waals surface area contributed by atoms with Gasteiger partial charge in [0.05, 0.1) is 4.47 Å². The first-order valence-electron chi connectivity index (χ1n) is 7.28. The Hall–Kier alpha value is -1.07. The van der Waals surface area contributed by atoms with E-state index in [-0.39, 0.29) is 24.6 Å². The van der Waals surface area contributed by atoms with Crippen molar-refractivity contribution in [1.82, 2.24) is 4.90 Å². The van der Waals surface area contributed by atoms with Gasteiger partial charge in [-0.3, -0.25) is 4.79 Å². The van der Waals surface area contributed by atoms with Crippen LogP contribution in [0.5, 0.6) is 5.75 Å². The van der Waals surface area contributed by atoms with E-state index in [4.69, 9.17) is 10.5 Å². The highest BCUT2D eigenvalue weighted by Crippen LogP contribution is 2.30. The molecule has 118 valence electrons. The highest BCUT2D eigenvalue weighted by molar-refractivity contribution is 9.10. The van der Waals surface area contributed by atoms with Crippen LogP contribution in [0.3, 0.4) is 0 Å². The second kappa shape index (κ2) is 8.39. The number of carbonyl (C=O) groups is 1. The quantitative estimate of drug-likeness (QED) is 0.816. The van der Waals surface area contributed by atoms with E-state index >= 15 is 0 Å². The average Bonchev–Trinajstić information content (AvgIpc) is 2.45. The van der Waals surface area contributed by atoms with Gasteiger partial charge < -0.3 is 15.4 Å². The second-order valence-corrected chi connectivity index (χ2v) is 6.34. The van der Waals surface area contributed by atoms with E-state index in [0.717, 1.165) is 22.9 Å². The fourth-order valence-electron chi connectivity index (χ4n) is 1.83. The number of nitrogens with zero attached hydrogens (tertiary/aromatic N) is 1. The number of benzene rings is 1. The van der Waals surface area contributed by atoms with Crippen molar-refractivity contribution in [3.63, 3.8) is 0 Å². The van der Waals surface area contributed by atoms with Crippen molar-refractivity contribution in [2.45, 2.75) is 45.7 Å². The summed E-state index contributed by atoms with van der Waals surface area (Å²) in [6, 6.07) is 6.11. The highest BCUT2D eigenvalue weighted by Gasteiger charge is 2.16. The van der Waals surface area contributed by atoms with Crippen LogP contribution >= 0.6 is 15.9 Å². The van der Waals surface area contributed by atoms with Gasteiger partial charge in [-0.1, -0.05) is 19.1 Å². The molecule has 1 atom stereocenters. The third kappa shape index (κ3) is 5.32. The molecule has 5 heteroatoms. The van der Waals surface area contributed by atoms with E-state index in [2.05, 4.69) is 22.9 Å². The van der Waals surface area contributed by atoms with Crippen molar-refractivity contribution >= 4 is 21.8 Å². The van der Waals surface area contributed by atoms with E-state index in [1.165, 1.54) is 0 Å². The van der Waals surface area contributed by atoms with E-state index in [1.807, 2.05) is 32.0 Å². The standard InChI is InChI=1S/C16H25BrN2O2/c1-5-13(18)9-12-7-6-8-14(17)16(12)21-10-15(20)19(4)11(2)3/h6-8,11,13H,5,9-10,18H2,1-4H3. The molecular formula is C16H25BrN2O2. The molecule has 1 aromatic carbocycles. The second-order valence-electron chi connectivity index (χ2n) is 5.49. The molecular weight excluding hydrogens is 332 g/mol. The number of carbonyl (C=O) groups excluding carboxylic acids is 1. The topological polar surface area (TPSA) is 55.6 Å². The van der Waals surface area contributed by atoms with Crippen LogP contribution in [0, 0.1) is 0 Å². The largest absolute Gasteiger partial charge is 0.482 e. The third-order valence-electron chi connectivity index (χ3n) is 3.56. The number of rotatable bonds is 7. The normalized spacial score (nSPS) is 12.3. The number of para-hydroxylation sites is 1. The third-order valence-corrected chi connectivity index (χ3v) is 4.19. The molecule has 0 heterocycles. The van der Waals surface area contributed by atoms with E-state index in [1.54, 1.807) is 11.9 Å². The summed E-state index contributed by atoms with van der Waals surface area (Å²) in [4.78, 5) is 13.7. The van der Waals surface area contributed by atoms with Gasteiger partial charge in [0.1, 0.15) is 5.75 Å². The Kier molecular flexibility index (Phi) is 7.18. The van der Waals surface area contributed by atoms with Crippen molar-refractivity contribution < 1.29 is 9.53 Å². The minimum atomic E-state index is -0.0357. The molecule has 0 saturated carbocycles. The lowest BCUT2D eigenvalue weighted by molar-refractivity contribution is -0.133. The van der Waals surface area contributed by atoms with Crippen LogP contribution in [-0.4, -0.2) is 36.5 Å². The van der Waals surface area contributed by atoms with Gasteiger partial charge in [-0.05, 0) is 54.2 Å². The molecule has 0 saturated heterocycles. The Morgan fingerprint density at radius 2 is 2.10 bits per heavy atom. The maximum Gasteiger partial charge on any atom is 0.260 e. The molecule has 0 aliphatic carbocycles. The molecule has 0 spiro atoms. The molecule has 0 radical (unpaired) electrons. The fourth-order valence-corrected chi connectivity index (χ4v) is 2.35. The van der Waals surface area contributed by atoms with Crippen molar-refractivity contribution in [3.8, 4) is 5.75 Å². The summed E-state index contributed by atoms with van der Waals surface area (Å²) in [5.41, 5.74) is 7.05. The lowest BCUT2D eigenvalue weighted by atomic mass is 10.0. The van der Waals surface area contributed by atoms with Crippen molar-refractivity contribution in [2.24, 2.45) is 5.73 Å². The van der Waals surface area contributed by atoms with Gasteiger partial charge in [0.2, 0.25) is 0 Å². The van der Waals surface area contributed by atoms with Crippen LogP contribution in [0.4, 0.5) is 0 Å². The summed E-state index contributed by atoms with van der Waals surface area (Å²) in [6.45, 7) is 6.04.